The Bertz CT molecular complexity index is 754. The van der Waals surface area contributed by atoms with E-state index < -0.39 is 0 Å². The van der Waals surface area contributed by atoms with Crippen LogP contribution in [0.5, 0.6) is 0 Å². The van der Waals surface area contributed by atoms with Gasteiger partial charge in [0.25, 0.3) is 0 Å². The molecular weight excluding hydrogens is 326 g/mol. The normalized spacial score (nSPS) is 13.1. The zero-order valence-corrected chi connectivity index (χ0v) is 17.2. The maximum atomic E-state index is 4.50. The predicted molar refractivity (Wildman–Crippen MR) is 107 cm³/mol. The van der Waals surface area contributed by atoms with E-state index in [9.17, 15) is 0 Å². The van der Waals surface area contributed by atoms with E-state index in [0.717, 1.165) is 43.3 Å². The molecule has 0 fully saturated rings. The molecule has 144 valence electrons. The van der Waals surface area contributed by atoms with Crippen LogP contribution in [-0.2, 0) is 20.0 Å². The minimum absolute atomic E-state index is 0.277. The molecule has 0 spiro atoms. The standard InChI is InChI=1S/C19H33N7/c1-13(12-18-16(4)24-25(7)17(18)5)22-19(20-6)21-9-8-10-26-15(3)11-14(2)23-26/h11,13H,8-10,12H2,1-7H3,(H2,20,21,22). The van der Waals surface area contributed by atoms with E-state index in [4.69, 9.17) is 0 Å². The maximum Gasteiger partial charge on any atom is 0.191 e. The summed E-state index contributed by atoms with van der Waals surface area (Å²) in [5, 5.41) is 15.9. The van der Waals surface area contributed by atoms with Crippen molar-refractivity contribution < 1.29 is 0 Å². The summed E-state index contributed by atoms with van der Waals surface area (Å²) >= 11 is 0. The van der Waals surface area contributed by atoms with Crippen molar-refractivity contribution >= 4 is 5.96 Å². The summed E-state index contributed by atoms with van der Waals surface area (Å²) in [6.45, 7) is 12.3. The minimum Gasteiger partial charge on any atom is -0.356 e. The molecule has 1 atom stereocenters. The van der Waals surface area contributed by atoms with Crippen molar-refractivity contribution in [3.63, 3.8) is 0 Å². The van der Waals surface area contributed by atoms with E-state index in [-0.39, 0.29) is 6.04 Å². The summed E-state index contributed by atoms with van der Waals surface area (Å²) < 4.78 is 4.01. The molecule has 0 aliphatic heterocycles. The molecule has 0 radical (unpaired) electrons. The highest BCUT2D eigenvalue weighted by atomic mass is 15.3. The number of aromatic nitrogens is 4. The summed E-state index contributed by atoms with van der Waals surface area (Å²) in [4.78, 5) is 4.34. The molecule has 0 amide bonds. The summed E-state index contributed by atoms with van der Waals surface area (Å²) in [6.07, 6.45) is 1.93. The van der Waals surface area contributed by atoms with Gasteiger partial charge in [-0.15, -0.1) is 0 Å². The first-order valence-corrected chi connectivity index (χ1v) is 9.29. The van der Waals surface area contributed by atoms with Crippen LogP contribution in [0, 0.1) is 27.7 Å². The van der Waals surface area contributed by atoms with Gasteiger partial charge in [-0.1, -0.05) is 0 Å². The van der Waals surface area contributed by atoms with E-state index in [1.54, 1.807) is 0 Å². The third-order valence-electron chi connectivity index (χ3n) is 4.72. The third-order valence-corrected chi connectivity index (χ3v) is 4.72. The predicted octanol–water partition coefficient (Wildman–Crippen LogP) is 2.04. The van der Waals surface area contributed by atoms with Crippen LogP contribution in [-0.4, -0.2) is 45.2 Å². The molecule has 7 nitrogen and oxygen atoms in total. The van der Waals surface area contributed by atoms with Gasteiger partial charge >= 0.3 is 0 Å². The maximum absolute atomic E-state index is 4.50. The van der Waals surface area contributed by atoms with Gasteiger partial charge in [0, 0.05) is 44.6 Å². The van der Waals surface area contributed by atoms with Gasteiger partial charge < -0.3 is 10.6 Å². The molecule has 26 heavy (non-hydrogen) atoms. The van der Waals surface area contributed by atoms with Gasteiger partial charge in [0.15, 0.2) is 5.96 Å². The van der Waals surface area contributed by atoms with Crippen molar-refractivity contribution in [2.75, 3.05) is 13.6 Å². The van der Waals surface area contributed by atoms with E-state index in [0.29, 0.717) is 0 Å². The van der Waals surface area contributed by atoms with Crippen LogP contribution in [0.3, 0.4) is 0 Å². The van der Waals surface area contributed by atoms with Crippen LogP contribution in [0.15, 0.2) is 11.1 Å². The first-order chi connectivity index (χ1) is 12.3. The molecule has 0 bridgehead atoms. The Morgan fingerprint density at radius 2 is 1.96 bits per heavy atom. The van der Waals surface area contributed by atoms with Crippen LogP contribution < -0.4 is 10.6 Å². The largest absolute Gasteiger partial charge is 0.356 e. The summed E-state index contributed by atoms with van der Waals surface area (Å²) in [7, 11) is 3.80. The van der Waals surface area contributed by atoms with Crippen LogP contribution >= 0.6 is 0 Å². The third kappa shape index (κ3) is 5.09. The average Bonchev–Trinajstić information content (AvgIpc) is 3.02. The first-order valence-electron chi connectivity index (χ1n) is 9.29. The van der Waals surface area contributed by atoms with Gasteiger partial charge in [-0.2, -0.15) is 10.2 Å². The van der Waals surface area contributed by atoms with Crippen LogP contribution in [0.1, 0.15) is 41.7 Å². The van der Waals surface area contributed by atoms with E-state index in [1.165, 1.54) is 17.0 Å². The zero-order chi connectivity index (χ0) is 19.3. The number of nitrogens with one attached hydrogen (secondary N) is 2. The SMILES string of the molecule is CN=C(NCCCn1nc(C)cc1C)NC(C)Cc1c(C)nn(C)c1C. The zero-order valence-electron chi connectivity index (χ0n) is 17.2. The highest BCUT2D eigenvalue weighted by Gasteiger charge is 2.13. The Morgan fingerprint density at radius 3 is 2.50 bits per heavy atom. The lowest BCUT2D eigenvalue weighted by Crippen LogP contribution is -2.43. The fourth-order valence-electron chi connectivity index (χ4n) is 3.24. The van der Waals surface area contributed by atoms with E-state index in [1.807, 2.05) is 25.7 Å². The molecule has 0 aliphatic carbocycles. The van der Waals surface area contributed by atoms with E-state index in [2.05, 4.69) is 64.3 Å². The van der Waals surface area contributed by atoms with Crippen LogP contribution in [0.2, 0.25) is 0 Å². The van der Waals surface area contributed by atoms with Gasteiger partial charge in [0.2, 0.25) is 0 Å². The fraction of sp³-hybridized carbons (Fsp3) is 0.632. The van der Waals surface area contributed by atoms with Crippen LogP contribution in [0.4, 0.5) is 0 Å². The molecule has 2 aromatic heterocycles. The quantitative estimate of drug-likeness (QED) is 0.451. The van der Waals surface area contributed by atoms with Gasteiger partial charge in [0.05, 0.1) is 11.4 Å². The molecule has 0 aromatic carbocycles. The number of hydrogen-bond acceptors (Lipinski definition) is 3. The molecule has 7 heteroatoms. The Hall–Kier alpha value is -2.31. The van der Waals surface area contributed by atoms with Gasteiger partial charge in [-0.05, 0) is 59.1 Å². The molecule has 0 saturated carbocycles. The second-order valence-corrected chi connectivity index (χ2v) is 7.03. The highest BCUT2D eigenvalue weighted by molar-refractivity contribution is 5.79. The minimum atomic E-state index is 0.277. The number of rotatable bonds is 7. The Morgan fingerprint density at radius 1 is 1.23 bits per heavy atom. The molecule has 2 rings (SSSR count). The summed E-state index contributed by atoms with van der Waals surface area (Å²) in [5.41, 5.74) is 5.92. The second kappa shape index (κ2) is 8.87. The molecule has 0 aliphatic rings. The smallest absolute Gasteiger partial charge is 0.191 e. The molecule has 2 aromatic rings. The van der Waals surface area contributed by atoms with Gasteiger partial charge in [-0.3, -0.25) is 14.4 Å². The highest BCUT2D eigenvalue weighted by Crippen LogP contribution is 2.14. The molecule has 0 saturated heterocycles. The Balaban J connectivity index is 1.78. The molecular formula is C19H33N7. The van der Waals surface area contributed by atoms with Crippen molar-refractivity contribution in [3.8, 4) is 0 Å². The van der Waals surface area contributed by atoms with Crippen molar-refractivity contribution in [2.45, 2.75) is 60.0 Å². The average molecular weight is 360 g/mol. The van der Waals surface area contributed by atoms with Crippen molar-refractivity contribution in [2.24, 2.45) is 12.0 Å². The number of aliphatic imine (C=N–C) groups is 1. The summed E-state index contributed by atoms with van der Waals surface area (Å²) in [5.74, 6) is 0.838. The lowest BCUT2D eigenvalue weighted by molar-refractivity contribution is 0.551. The van der Waals surface area contributed by atoms with E-state index >= 15 is 0 Å². The van der Waals surface area contributed by atoms with Gasteiger partial charge in [-0.25, -0.2) is 0 Å². The molecule has 1 unspecified atom stereocenters. The monoisotopic (exact) mass is 359 g/mol. The van der Waals surface area contributed by atoms with Crippen LogP contribution in [0.25, 0.3) is 0 Å². The van der Waals surface area contributed by atoms with Crippen molar-refractivity contribution in [1.82, 2.24) is 30.2 Å². The lowest BCUT2D eigenvalue weighted by Gasteiger charge is -2.18. The Kier molecular flexibility index (Phi) is 6.83. The summed E-state index contributed by atoms with van der Waals surface area (Å²) in [6, 6.07) is 2.39. The van der Waals surface area contributed by atoms with Gasteiger partial charge in [0.1, 0.15) is 0 Å². The Labute approximate surface area is 156 Å². The number of guanidine groups is 1. The van der Waals surface area contributed by atoms with Crippen molar-refractivity contribution in [1.29, 1.82) is 0 Å². The molecule has 2 N–H and O–H groups in total. The number of nitrogens with zero attached hydrogens (tertiary/aromatic N) is 5. The second-order valence-electron chi connectivity index (χ2n) is 7.03. The number of aryl methyl sites for hydroxylation is 5. The van der Waals surface area contributed by atoms with Crippen molar-refractivity contribution in [3.05, 3.63) is 34.4 Å². The topological polar surface area (TPSA) is 72.1 Å². The fourth-order valence-corrected chi connectivity index (χ4v) is 3.24. The first kappa shape index (κ1) is 20.0. The number of hydrogen-bond donors (Lipinski definition) is 2. The lowest BCUT2D eigenvalue weighted by atomic mass is 10.1. The molecule has 2 heterocycles.